The number of ether oxygens (including phenoxy) is 1. The zero-order chi connectivity index (χ0) is 16.0. The smallest absolute Gasteiger partial charge is 0.211 e. The fraction of sp³-hybridized carbons (Fsp3) is 0.733. The molecule has 7 heteroatoms. The molecule has 0 N–H and O–H groups in total. The average Bonchev–Trinajstić information content (AvgIpc) is 2.99. The van der Waals surface area contributed by atoms with Crippen LogP contribution >= 0.6 is 11.3 Å². The number of nitrogens with zero attached hydrogens (tertiary/aromatic N) is 2. The summed E-state index contributed by atoms with van der Waals surface area (Å²) in [6.07, 6.45) is 4.19. The van der Waals surface area contributed by atoms with E-state index in [1.807, 2.05) is 0 Å². The predicted octanol–water partition coefficient (Wildman–Crippen LogP) is 1.66. The molecule has 0 amide bonds. The van der Waals surface area contributed by atoms with Crippen LogP contribution in [0.5, 0.6) is 0 Å². The lowest BCUT2D eigenvalue weighted by molar-refractivity contribution is 0.129. The van der Waals surface area contributed by atoms with Crippen LogP contribution in [0.3, 0.4) is 0 Å². The molecular formula is C15H26N2O3S2. The number of methoxy groups -OCH3 is 1. The number of hydrogen-bond donors (Lipinski definition) is 0. The van der Waals surface area contributed by atoms with Crippen LogP contribution in [-0.2, 0) is 21.2 Å². The van der Waals surface area contributed by atoms with E-state index in [0.29, 0.717) is 13.2 Å². The number of hydrogen-bond acceptors (Lipinski definition) is 5. The Hall–Kier alpha value is -0.470. The van der Waals surface area contributed by atoms with Crippen LogP contribution in [0.2, 0.25) is 0 Å². The molecule has 1 fully saturated rings. The third-order valence-electron chi connectivity index (χ3n) is 4.16. The van der Waals surface area contributed by atoms with Crippen molar-refractivity contribution in [2.45, 2.75) is 25.3 Å². The van der Waals surface area contributed by atoms with Crippen LogP contribution in [0.1, 0.15) is 17.7 Å². The Bertz CT molecular complexity index is 523. The molecule has 2 rings (SSSR count). The maximum Gasteiger partial charge on any atom is 0.211 e. The summed E-state index contributed by atoms with van der Waals surface area (Å²) in [5.41, 5.74) is 0. The zero-order valence-corrected chi connectivity index (χ0v) is 15.0. The Labute approximate surface area is 137 Å². The zero-order valence-electron chi connectivity index (χ0n) is 13.4. The Morgan fingerprint density at radius 1 is 1.41 bits per heavy atom. The highest BCUT2D eigenvalue weighted by atomic mass is 32.2. The third kappa shape index (κ3) is 5.31. The Morgan fingerprint density at radius 2 is 2.14 bits per heavy atom. The summed E-state index contributed by atoms with van der Waals surface area (Å²) < 4.78 is 30.6. The molecule has 0 atom stereocenters. The van der Waals surface area contributed by atoms with Gasteiger partial charge in [0.1, 0.15) is 0 Å². The molecule has 2 heterocycles. The minimum atomic E-state index is -3.17. The number of rotatable bonds is 8. The van der Waals surface area contributed by atoms with Crippen molar-refractivity contribution in [1.29, 1.82) is 0 Å². The topological polar surface area (TPSA) is 49.9 Å². The molecule has 0 aliphatic carbocycles. The Morgan fingerprint density at radius 3 is 2.68 bits per heavy atom. The van der Waals surface area contributed by atoms with Gasteiger partial charge < -0.3 is 9.64 Å². The lowest BCUT2D eigenvalue weighted by Gasteiger charge is -2.37. The van der Waals surface area contributed by atoms with Gasteiger partial charge in [0, 0.05) is 31.1 Å². The summed E-state index contributed by atoms with van der Waals surface area (Å²) in [5.74, 6) is 0. The Balaban J connectivity index is 1.81. The highest BCUT2D eigenvalue weighted by molar-refractivity contribution is 7.88. The summed E-state index contributed by atoms with van der Waals surface area (Å²) >= 11 is 1.80. The first-order valence-corrected chi connectivity index (χ1v) is 10.4. The minimum absolute atomic E-state index is 0.114. The molecule has 0 bridgehead atoms. The second-order valence-electron chi connectivity index (χ2n) is 5.77. The molecule has 0 radical (unpaired) electrons. The predicted molar refractivity (Wildman–Crippen MR) is 90.9 cm³/mol. The minimum Gasteiger partial charge on any atom is -0.383 e. The number of likely N-dealkylation sites (tertiary alicyclic amines) is 1. The van der Waals surface area contributed by atoms with Gasteiger partial charge >= 0.3 is 0 Å². The van der Waals surface area contributed by atoms with Gasteiger partial charge in [-0.3, -0.25) is 0 Å². The number of piperidine rings is 1. The van der Waals surface area contributed by atoms with Gasteiger partial charge in [0.15, 0.2) is 0 Å². The van der Waals surface area contributed by atoms with E-state index in [2.05, 4.69) is 22.4 Å². The van der Waals surface area contributed by atoms with E-state index in [-0.39, 0.29) is 6.04 Å². The van der Waals surface area contributed by atoms with Gasteiger partial charge in [0.2, 0.25) is 10.0 Å². The number of sulfonamides is 1. The lowest BCUT2D eigenvalue weighted by Crippen LogP contribution is -2.48. The van der Waals surface area contributed by atoms with Crippen LogP contribution in [0.15, 0.2) is 17.5 Å². The molecule has 0 saturated carbocycles. The Kier molecular flexibility index (Phi) is 6.83. The maximum absolute atomic E-state index is 12.0. The first-order chi connectivity index (χ1) is 10.5. The van der Waals surface area contributed by atoms with Gasteiger partial charge in [0.05, 0.1) is 12.9 Å². The number of thiophene rings is 1. The highest BCUT2D eigenvalue weighted by Crippen LogP contribution is 2.20. The van der Waals surface area contributed by atoms with E-state index in [9.17, 15) is 8.42 Å². The molecule has 1 aliphatic rings. The fourth-order valence-corrected chi connectivity index (χ4v) is 4.81. The summed E-state index contributed by atoms with van der Waals surface area (Å²) in [5, 5.41) is 2.11. The normalized spacial score (nSPS) is 18.1. The van der Waals surface area contributed by atoms with E-state index >= 15 is 0 Å². The van der Waals surface area contributed by atoms with Gasteiger partial charge in [-0.1, -0.05) is 6.07 Å². The largest absolute Gasteiger partial charge is 0.383 e. The van der Waals surface area contributed by atoms with Crippen molar-refractivity contribution in [3.05, 3.63) is 22.4 Å². The van der Waals surface area contributed by atoms with Crippen molar-refractivity contribution in [3.63, 3.8) is 0 Å². The first kappa shape index (κ1) is 17.9. The molecule has 1 aliphatic heterocycles. The highest BCUT2D eigenvalue weighted by Gasteiger charge is 2.29. The fourth-order valence-electron chi connectivity index (χ4n) is 2.95. The molecule has 5 nitrogen and oxygen atoms in total. The summed E-state index contributed by atoms with van der Waals surface area (Å²) in [7, 11) is -1.56. The van der Waals surface area contributed by atoms with Gasteiger partial charge in [-0.15, -0.1) is 11.3 Å². The van der Waals surface area contributed by atoms with E-state index < -0.39 is 10.0 Å². The van der Waals surface area contributed by atoms with Crippen LogP contribution in [0, 0.1) is 0 Å². The second kappa shape index (κ2) is 8.40. The molecule has 1 aromatic rings. The van der Waals surface area contributed by atoms with Crippen molar-refractivity contribution in [1.82, 2.24) is 9.21 Å². The standard InChI is InChI=1S/C15H26N2O3S2/c1-20-12-11-17(22(2,18)19)14-5-8-16(9-6-14)10-7-15-4-3-13-21-15/h3-4,13-14H,5-12H2,1-2H3. The van der Waals surface area contributed by atoms with Crippen LogP contribution < -0.4 is 0 Å². The SMILES string of the molecule is COCCN(C1CCN(CCc2cccs2)CC1)S(C)(=O)=O. The van der Waals surface area contributed by atoms with Crippen molar-refractivity contribution < 1.29 is 13.2 Å². The summed E-state index contributed by atoms with van der Waals surface area (Å²) in [4.78, 5) is 3.85. The summed E-state index contributed by atoms with van der Waals surface area (Å²) in [6, 6.07) is 4.38. The van der Waals surface area contributed by atoms with Crippen LogP contribution in [-0.4, -0.2) is 69.8 Å². The molecule has 126 valence electrons. The van der Waals surface area contributed by atoms with Gasteiger partial charge in [-0.25, -0.2) is 8.42 Å². The molecule has 0 spiro atoms. The lowest BCUT2D eigenvalue weighted by atomic mass is 10.0. The van der Waals surface area contributed by atoms with Crippen LogP contribution in [0.4, 0.5) is 0 Å². The van der Waals surface area contributed by atoms with Gasteiger partial charge in [-0.05, 0) is 43.8 Å². The third-order valence-corrected chi connectivity index (χ3v) is 6.43. The monoisotopic (exact) mass is 346 g/mol. The quantitative estimate of drug-likeness (QED) is 0.718. The second-order valence-corrected chi connectivity index (χ2v) is 8.74. The van der Waals surface area contributed by atoms with Gasteiger partial charge in [-0.2, -0.15) is 4.31 Å². The summed E-state index contributed by atoms with van der Waals surface area (Å²) in [6.45, 7) is 3.90. The van der Waals surface area contributed by atoms with E-state index in [1.54, 1.807) is 22.8 Å². The van der Waals surface area contributed by atoms with Crippen molar-refractivity contribution in [2.24, 2.45) is 0 Å². The maximum atomic E-state index is 12.0. The van der Waals surface area contributed by atoms with Crippen molar-refractivity contribution >= 4 is 21.4 Å². The molecular weight excluding hydrogens is 320 g/mol. The van der Waals surface area contributed by atoms with E-state index in [1.165, 1.54) is 11.1 Å². The molecule has 1 aromatic heterocycles. The molecule has 0 unspecified atom stereocenters. The molecule has 22 heavy (non-hydrogen) atoms. The van der Waals surface area contributed by atoms with E-state index in [4.69, 9.17) is 4.74 Å². The first-order valence-electron chi connectivity index (χ1n) is 7.71. The average molecular weight is 347 g/mol. The van der Waals surface area contributed by atoms with Crippen molar-refractivity contribution in [2.75, 3.05) is 46.2 Å². The molecule has 0 aromatic carbocycles. The van der Waals surface area contributed by atoms with Crippen molar-refractivity contribution in [3.8, 4) is 0 Å². The van der Waals surface area contributed by atoms with Crippen LogP contribution in [0.25, 0.3) is 0 Å². The van der Waals surface area contributed by atoms with Gasteiger partial charge in [0.25, 0.3) is 0 Å². The molecule has 1 saturated heterocycles. The van der Waals surface area contributed by atoms with E-state index in [0.717, 1.165) is 38.9 Å².